The van der Waals surface area contributed by atoms with Gasteiger partial charge in [-0.2, -0.15) is 0 Å². The van der Waals surface area contributed by atoms with E-state index < -0.39 is 0 Å². The zero-order valence-electron chi connectivity index (χ0n) is 12.5. The summed E-state index contributed by atoms with van der Waals surface area (Å²) in [6.45, 7) is 5.61. The molecule has 1 atom stereocenters. The lowest BCUT2D eigenvalue weighted by Crippen LogP contribution is -2.53. The number of hydrogen-bond acceptors (Lipinski definition) is 3. The van der Waals surface area contributed by atoms with Crippen LogP contribution in [0, 0.1) is 0 Å². The summed E-state index contributed by atoms with van der Waals surface area (Å²) in [5.41, 5.74) is 2.45. The Hall–Kier alpha value is -1.06. The number of aliphatic hydroxyl groups excluding tert-OH is 1. The molecule has 19 heavy (non-hydrogen) atoms. The van der Waals surface area contributed by atoms with E-state index in [2.05, 4.69) is 48.3 Å². The average Bonchev–Trinajstić information content (AvgIpc) is 2.37. The average molecular weight is 262 g/mol. The van der Waals surface area contributed by atoms with Crippen LogP contribution in [-0.2, 0) is 5.41 Å². The molecule has 0 amide bonds. The highest BCUT2D eigenvalue weighted by molar-refractivity contribution is 5.47. The zero-order chi connectivity index (χ0) is 14.1. The molecule has 0 spiro atoms. The SMILES string of the molecule is CN(C)c1ccc(C2(CO)CCNC(C)(C)C2)cc1. The second-order valence-electron chi connectivity index (χ2n) is 6.62. The Balaban J connectivity index is 2.30. The first-order valence-corrected chi connectivity index (χ1v) is 7.02. The van der Waals surface area contributed by atoms with Gasteiger partial charge in [0.1, 0.15) is 0 Å². The Morgan fingerprint density at radius 1 is 1.21 bits per heavy atom. The van der Waals surface area contributed by atoms with Crippen molar-refractivity contribution in [3.05, 3.63) is 29.8 Å². The molecule has 0 saturated carbocycles. The molecule has 0 aromatic heterocycles. The van der Waals surface area contributed by atoms with Crippen molar-refractivity contribution in [2.75, 3.05) is 32.1 Å². The van der Waals surface area contributed by atoms with Crippen LogP contribution >= 0.6 is 0 Å². The van der Waals surface area contributed by atoms with E-state index >= 15 is 0 Å². The minimum atomic E-state index is -0.0976. The quantitative estimate of drug-likeness (QED) is 0.876. The number of hydrogen-bond donors (Lipinski definition) is 2. The molecule has 1 aliphatic rings. The van der Waals surface area contributed by atoms with Gasteiger partial charge in [-0.15, -0.1) is 0 Å². The van der Waals surface area contributed by atoms with Gasteiger partial charge in [0.15, 0.2) is 0 Å². The predicted octanol–water partition coefficient (Wildman–Crippen LogP) is 2.14. The summed E-state index contributed by atoms with van der Waals surface area (Å²) in [6, 6.07) is 8.63. The summed E-state index contributed by atoms with van der Waals surface area (Å²) in [5, 5.41) is 13.5. The van der Waals surface area contributed by atoms with E-state index in [0.29, 0.717) is 0 Å². The minimum absolute atomic E-state index is 0.0845. The highest BCUT2D eigenvalue weighted by Crippen LogP contribution is 2.39. The summed E-state index contributed by atoms with van der Waals surface area (Å²) < 4.78 is 0. The molecule has 0 radical (unpaired) electrons. The van der Waals surface area contributed by atoms with Crippen molar-refractivity contribution in [1.29, 1.82) is 0 Å². The first-order chi connectivity index (χ1) is 8.88. The highest BCUT2D eigenvalue weighted by atomic mass is 16.3. The van der Waals surface area contributed by atoms with Gasteiger partial charge in [-0.3, -0.25) is 0 Å². The first kappa shape index (κ1) is 14.4. The Morgan fingerprint density at radius 2 is 1.84 bits per heavy atom. The Labute approximate surface area is 116 Å². The van der Waals surface area contributed by atoms with Gasteiger partial charge in [-0.1, -0.05) is 12.1 Å². The van der Waals surface area contributed by atoms with Crippen LogP contribution < -0.4 is 10.2 Å². The van der Waals surface area contributed by atoms with Crippen molar-refractivity contribution in [3.63, 3.8) is 0 Å². The number of piperidine rings is 1. The largest absolute Gasteiger partial charge is 0.395 e. The maximum atomic E-state index is 9.97. The fourth-order valence-corrected chi connectivity index (χ4v) is 3.22. The van der Waals surface area contributed by atoms with E-state index in [9.17, 15) is 5.11 Å². The maximum absolute atomic E-state index is 9.97. The number of nitrogens with zero attached hydrogens (tertiary/aromatic N) is 1. The fourth-order valence-electron chi connectivity index (χ4n) is 3.22. The fraction of sp³-hybridized carbons (Fsp3) is 0.625. The van der Waals surface area contributed by atoms with Gasteiger partial charge in [0.2, 0.25) is 0 Å². The van der Waals surface area contributed by atoms with E-state index in [0.717, 1.165) is 19.4 Å². The smallest absolute Gasteiger partial charge is 0.0529 e. The molecule has 106 valence electrons. The first-order valence-electron chi connectivity index (χ1n) is 7.02. The summed E-state index contributed by atoms with van der Waals surface area (Å²) in [4.78, 5) is 2.10. The molecule has 1 aliphatic heterocycles. The Morgan fingerprint density at radius 3 is 2.32 bits per heavy atom. The van der Waals surface area contributed by atoms with Gasteiger partial charge >= 0.3 is 0 Å². The normalized spacial score (nSPS) is 26.2. The summed E-state index contributed by atoms with van der Waals surface area (Å²) in [7, 11) is 4.09. The molecule has 1 heterocycles. The minimum Gasteiger partial charge on any atom is -0.395 e. The van der Waals surface area contributed by atoms with Crippen molar-refractivity contribution in [1.82, 2.24) is 5.32 Å². The van der Waals surface area contributed by atoms with Gasteiger partial charge in [-0.25, -0.2) is 0 Å². The molecule has 1 saturated heterocycles. The second kappa shape index (κ2) is 5.14. The van der Waals surface area contributed by atoms with Gasteiger partial charge in [0.05, 0.1) is 6.61 Å². The van der Waals surface area contributed by atoms with Crippen LogP contribution in [0.3, 0.4) is 0 Å². The molecule has 1 unspecified atom stereocenters. The van der Waals surface area contributed by atoms with E-state index in [1.54, 1.807) is 0 Å². The molecule has 3 nitrogen and oxygen atoms in total. The van der Waals surface area contributed by atoms with Crippen LogP contribution in [-0.4, -0.2) is 37.9 Å². The summed E-state index contributed by atoms with van der Waals surface area (Å²) in [6.07, 6.45) is 1.96. The van der Waals surface area contributed by atoms with Gasteiger partial charge in [0, 0.05) is 30.7 Å². The number of benzene rings is 1. The zero-order valence-corrected chi connectivity index (χ0v) is 12.5. The standard InChI is InChI=1S/C16H26N2O/c1-15(2)11-16(12-19,9-10-17-15)13-5-7-14(8-6-13)18(3)4/h5-8,17,19H,9-12H2,1-4H3. The van der Waals surface area contributed by atoms with Crippen LogP contribution in [0.25, 0.3) is 0 Å². The van der Waals surface area contributed by atoms with Crippen LogP contribution in [0.4, 0.5) is 5.69 Å². The van der Waals surface area contributed by atoms with Gasteiger partial charge in [-0.05, 0) is 50.9 Å². The highest BCUT2D eigenvalue weighted by Gasteiger charge is 2.40. The molecule has 3 heteroatoms. The van der Waals surface area contributed by atoms with E-state index in [1.807, 2.05) is 14.1 Å². The van der Waals surface area contributed by atoms with Crippen LogP contribution in [0.15, 0.2) is 24.3 Å². The van der Waals surface area contributed by atoms with Crippen LogP contribution in [0.5, 0.6) is 0 Å². The monoisotopic (exact) mass is 262 g/mol. The Bertz CT molecular complexity index is 425. The maximum Gasteiger partial charge on any atom is 0.0529 e. The van der Waals surface area contributed by atoms with Gasteiger partial charge < -0.3 is 15.3 Å². The molecule has 1 aromatic rings. The summed E-state index contributed by atoms with van der Waals surface area (Å²) in [5.74, 6) is 0. The molecule has 2 N–H and O–H groups in total. The number of nitrogens with one attached hydrogen (secondary N) is 1. The van der Waals surface area contributed by atoms with Gasteiger partial charge in [0.25, 0.3) is 0 Å². The molecule has 2 rings (SSSR count). The molecule has 1 fully saturated rings. The lowest BCUT2D eigenvalue weighted by Gasteiger charge is -2.45. The Kier molecular flexibility index (Phi) is 3.88. The molecule has 0 bridgehead atoms. The predicted molar refractivity (Wildman–Crippen MR) is 80.8 cm³/mol. The van der Waals surface area contributed by atoms with Crippen molar-refractivity contribution in [2.45, 2.75) is 37.6 Å². The summed E-state index contributed by atoms with van der Waals surface area (Å²) >= 11 is 0. The number of rotatable bonds is 3. The van der Waals surface area contributed by atoms with Crippen molar-refractivity contribution in [3.8, 4) is 0 Å². The second-order valence-corrected chi connectivity index (χ2v) is 6.62. The topological polar surface area (TPSA) is 35.5 Å². The van der Waals surface area contributed by atoms with Crippen LogP contribution in [0.2, 0.25) is 0 Å². The van der Waals surface area contributed by atoms with E-state index in [-0.39, 0.29) is 17.6 Å². The third-order valence-electron chi connectivity index (χ3n) is 4.29. The number of aliphatic hydroxyl groups is 1. The lowest BCUT2D eigenvalue weighted by molar-refractivity contribution is 0.112. The van der Waals surface area contributed by atoms with Crippen molar-refractivity contribution in [2.24, 2.45) is 0 Å². The van der Waals surface area contributed by atoms with E-state index in [1.165, 1.54) is 11.3 Å². The molecule has 1 aromatic carbocycles. The lowest BCUT2D eigenvalue weighted by atomic mass is 9.68. The van der Waals surface area contributed by atoms with E-state index in [4.69, 9.17) is 0 Å². The third-order valence-corrected chi connectivity index (χ3v) is 4.29. The van der Waals surface area contributed by atoms with Crippen molar-refractivity contribution >= 4 is 5.69 Å². The third kappa shape index (κ3) is 2.93. The molecule has 0 aliphatic carbocycles. The molecular weight excluding hydrogens is 236 g/mol. The number of anilines is 1. The van der Waals surface area contributed by atoms with Crippen LogP contribution in [0.1, 0.15) is 32.3 Å². The molecular formula is C16H26N2O. The van der Waals surface area contributed by atoms with Crippen molar-refractivity contribution < 1.29 is 5.11 Å².